The van der Waals surface area contributed by atoms with Crippen molar-refractivity contribution in [3.05, 3.63) is 41.6 Å². The lowest BCUT2D eigenvalue weighted by atomic mass is 10.0. The van der Waals surface area contributed by atoms with Crippen LogP contribution in [0, 0.1) is 12.3 Å². The van der Waals surface area contributed by atoms with E-state index in [1.54, 1.807) is 11.7 Å². The molecule has 1 heterocycles. The first-order chi connectivity index (χ1) is 10.4. The Morgan fingerprint density at radius 3 is 2.55 bits per heavy atom. The van der Waals surface area contributed by atoms with Crippen molar-refractivity contribution in [1.29, 1.82) is 0 Å². The van der Waals surface area contributed by atoms with Crippen LogP contribution in [0.3, 0.4) is 0 Å². The number of nitrogens with zero attached hydrogens (tertiary/aromatic N) is 3. The van der Waals surface area contributed by atoms with E-state index in [9.17, 15) is 4.79 Å². The Balaban J connectivity index is 1.66. The first-order valence-electron chi connectivity index (χ1n) is 7.40. The van der Waals surface area contributed by atoms with E-state index in [0.717, 1.165) is 5.69 Å². The van der Waals surface area contributed by atoms with Crippen LogP contribution in [0.25, 0.3) is 0 Å². The summed E-state index contributed by atoms with van der Waals surface area (Å²) in [5.41, 5.74) is 2.13. The number of anilines is 1. The first kappa shape index (κ1) is 14.6. The molecule has 1 saturated carbocycles. The van der Waals surface area contributed by atoms with Crippen LogP contribution in [0.1, 0.15) is 31.0 Å². The fourth-order valence-electron chi connectivity index (χ4n) is 2.99. The lowest BCUT2D eigenvalue weighted by Gasteiger charge is -2.07. The van der Waals surface area contributed by atoms with Crippen molar-refractivity contribution in [2.45, 2.75) is 32.7 Å². The van der Waals surface area contributed by atoms with Gasteiger partial charge in [0.25, 0.3) is 0 Å². The van der Waals surface area contributed by atoms with Crippen molar-refractivity contribution in [2.24, 2.45) is 12.5 Å². The van der Waals surface area contributed by atoms with Crippen LogP contribution in [-0.4, -0.2) is 27.1 Å². The molecule has 6 nitrogen and oxygen atoms in total. The third kappa shape index (κ3) is 2.45. The summed E-state index contributed by atoms with van der Waals surface area (Å²) in [4.78, 5) is 12.2. The summed E-state index contributed by atoms with van der Waals surface area (Å²) in [6.45, 7) is 6.20. The smallest absolute Gasteiger partial charge is 0.320 e. The Labute approximate surface area is 129 Å². The van der Waals surface area contributed by atoms with Crippen LogP contribution in [0.5, 0.6) is 0 Å². The van der Waals surface area contributed by atoms with Gasteiger partial charge in [-0.2, -0.15) is 0 Å². The molecule has 116 valence electrons. The molecule has 1 aromatic carbocycles. The fourth-order valence-corrected chi connectivity index (χ4v) is 2.99. The molecule has 1 aliphatic rings. The molecule has 2 N–H and O–H groups in total. The molecule has 22 heavy (non-hydrogen) atoms. The lowest BCUT2D eigenvalue weighted by molar-refractivity contribution is 0.250. The molecule has 3 rings (SSSR count). The number of carbonyl (C=O) groups is 1. The van der Waals surface area contributed by atoms with Gasteiger partial charge in [-0.1, -0.05) is 49.4 Å². The highest BCUT2D eigenvalue weighted by Crippen LogP contribution is 2.58. The van der Waals surface area contributed by atoms with E-state index in [1.807, 2.05) is 25.1 Å². The number of benzene rings is 1. The standard InChI is InChI=1S/C16H21N5O/c1-10-14(19-20-21(10)4)18-15(22)17-13-12(16(13,2)3)11-8-6-5-7-9-11/h5-9,12-13H,1-4H3,(H2,17,18,22)/t12-,13-/m1/s1. The second kappa shape index (κ2) is 5.12. The number of hydrogen-bond acceptors (Lipinski definition) is 3. The highest BCUT2D eigenvalue weighted by atomic mass is 16.2. The number of aryl methyl sites for hydroxylation is 1. The average molecular weight is 299 g/mol. The van der Waals surface area contributed by atoms with Gasteiger partial charge in [0.05, 0.1) is 5.69 Å². The topological polar surface area (TPSA) is 71.8 Å². The molecule has 6 heteroatoms. The Morgan fingerprint density at radius 1 is 1.27 bits per heavy atom. The van der Waals surface area contributed by atoms with Crippen LogP contribution >= 0.6 is 0 Å². The van der Waals surface area contributed by atoms with Crippen LogP contribution in [0.4, 0.5) is 10.6 Å². The van der Waals surface area contributed by atoms with Gasteiger partial charge >= 0.3 is 6.03 Å². The number of urea groups is 1. The molecule has 2 aromatic rings. The molecule has 1 aliphatic carbocycles. The number of carbonyl (C=O) groups excluding carboxylic acids is 1. The number of hydrogen-bond donors (Lipinski definition) is 2. The van der Waals surface area contributed by atoms with Crippen molar-refractivity contribution >= 4 is 11.8 Å². The molecular formula is C16H21N5O. The van der Waals surface area contributed by atoms with Crippen LogP contribution in [0.15, 0.2) is 30.3 Å². The summed E-state index contributed by atoms with van der Waals surface area (Å²) < 4.78 is 1.63. The van der Waals surface area contributed by atoms with Crippen molar-refractivity contribution < 1.29 is 4.79 Å². The van der Waals surface area contributed by atoms with Gasteiger partial charge in [0.2, 0.25) is 0 Å². The van der Waals surface area contributed by atoms with E-state index in [-0.39, 0.29) is 17.5 Å². The molecule has 1 fully saturated rings. The second-order valence-corrected chi connectivity index (χ2v) is 6.43. The Hall–Kier alpha value is -2.37. The molecule has 0 unspecified atom stereocenters. The number of nitrogens with one attached hydrogen (secondary N) is 2. The van der Waals surface area contributed by atoms with Crippen molar-refractivity contribution in [3.63, 3.8) is 0 Å². The zero-order chi connectivity index (χ0) is 15.9. The highest BCUT2D eigenvalue weighted by molar-refractivity contribution is 5.89. The summed E-state index contributed by atoms with van der Waals surface area (Å²) in [5, 5.41) is 13.6. The van der Waals surface area contributed by atoms with E-state index in [2.05, 4.69) is 46.9 Å². The maximum atomic E-state index is 12.2. The predicted octanol–water partition coefficient (Wildman–Crippen LogP) is 2.44. The van der Waals surface area contributed by atoms with E-state index in [4.69, 9.17) is 0 Å². The van der Waals surface area contributed by atoms with Gasteiger partial charge in [0, 0.05) is 19.0 Å². The molecule has 0 aliphatic heterocycles. The van der Waals surface area contributed by atoms with Crippen LogP contribution in [0.2, 0.25) is 0 Å². The molecule has 2 amide bonds. The zero-order valence-electron chi connectivity index (χ0n) is 13.3. The molecule has 0 saturated heterocycles. The molecule has 0 bridgehead atoms. The monoisotopic (exact) mass is 299 g/mol. The molecule has 0 spiro atoms. The average Bonchev–Trinajstić information content (AvgIpc) is 2.88. The molecule has 2 atom stereocenters. The van der Waals surface area contributed by atoms with Gasteiger partial charge in [-0.3, -0.25) is 10.00 Å². The second-order valence-electron chi connectivity index (χ2n) is 6.43. The summed E-state index contributed by atoms with van der Waals surface area (Å²) in [7, 11) is 1.79. The van der Waals surface area contributed by atoms with E-state index in [1.165, 1.54) is 5.56 Å². The summed E-state index contributed by atoms with van der Waals surface area (Å²) >= 11 is 0. The van der Waals surface area contributed by atoms with Crippen molar-refractivity contribution in [3.8, 4) is 0 Å². The third-order valence-electron chi connectivity index (χ3n) is 4.61. The summed E-state index contributed by atoms with van der Waals surface area (Å²) in [5.74, 6) is 0.831. The maximum Gasteiger partial charge on any atom is 0.320 e. The summed E-state index contributed by atoms with van der Waals surface area (Å²) in [6.07, 6.45) is 0. The molecule has 1 aromatic heterocycles. The Kier molecular flexibility index (Phi) is 3.39. The molecular weight excluding hydrogens is 278 g/mol. The number of aromatic nitrogens is 3. The Morgan fingerprint density at radius 2 is 1.95 bits per heavy atom. The fraction of sp³-hybridized carbons (Fsp3) is 0.438. The summed E-state index contributed by atoms with van der Waals surface area (Å²) in [6, 6.07) is 10.2. The lowest BCUT2D eigenvalue weighted by Crippen LogP contribution is -2.33. The van der Waals surface area contributed by atoms with E-state index in [0.29, 0.717) is 11.7 Å². The van der Waals surface area contributed by atoms with Gasteiger partial charge in [0.15, 0.2) is 5.82 Å². The number of rotatable bonds is 3. The Bertz CT molecular complexity index is 692. The largest absolute Gasteiger partial charge is 0.334 e. The predicted molar refractivity (Wildman–Crippen MR) is 84.6 cm³/mol. The molecule has 0 radical (unpaired) electrons. The first-order valence-corrected chi connectivity index (χ1v) is 7.40. The van der Waals surface area contributed by atoms with Gasteiger partial charge in [-0.15, -0.1) is 5.10 Å². The minimum absolute atomic E-state index is 0.0517. The van der Waals surface area contributed by atoms with Crippen molar-refractivity contribution in [1.82, 2.24) is 20.3 Å². The van der Waals surface area contributed by atoms with E-state index < -0.39 is 0 Å². The number of amides is 2. The normalized spacial score (nSPS) is 22.2. The van der Waals surface area contributed by atoms with E-state index >= 15 is 0 Å². The van der Waals surface area contributed by atoms with Gasteiger partial charge in [0.1, 0.15) is 0 Å². The zero-order valence-corrected chi connectivity index (χ0v) is 13.3. The maximum absolute atomic E-state index is 12.2. The SMILES string of the molecule is Cc1c(NC(=O)N[C@@H]2[C@@H](c3ccccc3)C2(C)C)nnn1C. The minimum Gasteiger partial charge on any atom is -0.334 e. The van der Waals surface area contributed by atoms with Gasteiger partial charge < -0.3 is 5.32 Å². The minimum atomic E-state index is -0.236. The quantitative estimate of drug-likeness (QED) is 0.914. The van der Waals surface area contributed by atoms with Crippen LogP contribution < -0.4 is 10.6 Å². The van der Waals surface area contributed by atoms with Crippen LogP contribution in [-0.2, 0) is 7.05 Å². The van der Waals surface area contributed by atoms with Gasteiger partial charge in [-0.25, -0.2) is 4.79 Å². The highest BCUT2D eigenvalue weighted by Gasteiger charge is 2.59. The van der Waals surface area contributed by atoms with Gasteiger partial charge in [-0.05, 0) is 17.9 Å². The third-order valence-corrected chi connectivity index (χ3v) is 4.61. The van der Waals surface area contributed by atoms with Crippen molar-refractivity contribution in [2.75, 3.05) is 5.32 Å².